The number of aliphatic hydroxyl groups excluding tert-OH is 1. The van der Waals surface area contributed by atoms with Gasteiger partial charge in [-0.1, -0.05) is 12.1 Å². The van der Waals surface area contributed by atoms with E-state index >= 15 is 0 Å². The second kappa shape index (κ2) is 5.61. The average Bonchev–Trinajstić information content (AvgIpc) is 2.55. The average molecular weight is 276 g/mol. The Morgan fingerprint density at radius 2 is 2.05 bits per heavy atom. The van der Waals surface area contributed by atoms with Crippen molar-refractivity contribution in [2.75, 3.05) is 0 Å². The zero-order chi connectivity index (χ0) is 14.7. The molecule has 1 heterocycles. The minimum Gasteiger partial charge on any atom is -0.456 e. The normalized spacial score (nSPS) is 10.3. The van der Waals surface area contributed by atoms with Crippen LogP contribution in [0.15, 0.2) is 54.7 Å². The zero-order valence-corrected chi connectivity index (χ0v) is 11.2. The SMILES string of the molecule is N#Cc1cc(CO)ccc1Oc1ccc2cccnc2c1. The van der Waals surface area contributed by atoms with Crippen molar-refractivity contribution in [3.8, 4) is 17.6 Å². The molecule has 0 aliphatic carbocycles. The maximum absolute atomic E-state index is 9.16. The van der Waals surface area contributed by atoms with Gasteiger partial charge in [-0.25, -0.2) is 0 Å². The minimum atomic E-state index is -0.102. The summed E-state index contributed by atoms with van der Waals surface area (Å²) in [5.41, 5.74) is 1.90. The number of aromatic nitrogens is 1. The third-order valence-corrected chi connectivity index (χ3v) is 3.15. The van der Waals surface area contributed by atoms with Crippen LogP contribution in [0.25, 0.3) is 10.9 Å². The number of fused-ring (bicyclic) bond motifs is 1. The van der Waals surface area contributed by atoms with Crippen molar-refractivity contribution in [2.24, 2.45) is 0 Å². The molecule has 0 saturated carbocycles. The van der Waals surface area contributed by atoms with E-state index in [0.717, 1.165) is 10.9 Å². The summed E-state index contributed by atoms with van der Waals surface area (Å²) in [5.74, 6) is 1.08. The molecule has 21 heavy (non-hydrogen) atoms. The monoisotopic (exact) mass is 276 g/mol. The highest BCUT2D eigenvalue weighted by molar-refractivity contribution is 5.79. The molecule has 1 aromatic heterocycles. The van der Waals surface area contributed by atoms with Crippen LogP contribution in [0.1, 0.15) is 11.1 Å². The van der Waals surface area contributed by atoms with E-state index in [9.17, 15) is 0 Å². The molecule has 0 bridgehead atoms. The number of benzene rings is 2. The van der Waals surface area contributed by atoms with Crippen molar-refractivity contribution < 1.29 is 9.84 Å². The zero-order valence-electron chi connectivity index (χ0n) is 11.2. The maximum atomic E-state index is 9.16. The third-order valence-electron chi connectivity index (χ3n) is 3.15. The Morgan fingerprint density at radius 1 is 1.14 bits per heavy atom. The van der Waals surface area contributed by atoms with E-state index in [-0.39, 0.29) is 6.61 Å². The molecule has 0 amide bonds. The highest BCUT2D eigenvalue weighted by Gasteiger charge is 2.07. The molecule has 2 aromatic carbocycles. The third kappa shape index (κ3) is 2.69. The topological polar surface area (TPSA) is 66.1 Å². The fraction of sp³-hybridized carbons (Fsp3) is 0.0588. The molecular formula is C17H12N2O2. The second-order valence-corrected chi connectivity index (χ2v) is 4.56. The highest BCUT2D eigenvalue weighted by atomic mass is 16.5. The molecule has 0 saturated heterocycles. The number of pyridine rings is 1. The first kappa shape index (κ1) is 13.1. The van der Waals surface area contributed by atoms with Gasteiger partial charge in [0.2, 0.25) is 0 Å². The Balaban J connectivity index is 1.96. The molecule has 0 radical (unpaired) electrons. The quantitative estimate of drug-likeness (QED) is 0.796. The number of hydrogen-bond donors (Lipinski definition) is 1. The molecule has 102 valence electrons. The van der Waals surface area contributed by atoms with Crippen LogP contribution in [0.5, 0.6) is 11.5 Å². The van der Waals surface area contributed by atoms with E-state index in [1.165, 1.54) is 0 Å². The van der Waals surface area contributed by atoms with Gasteiger partial charge < -0.3 is 9.84 Å². The van der Waals surface area contributed by atoms with Crippen LogP contribution in [0.2, 0.25) is 0 Å². The fourth-order valence-corrected chi connectivity index (χ4v) is 2.09. The summed E-state index contributed by atoms with van der Waals surface area (Å²) in [6, 6.07) is 16.6. The summed E-state index contributed by atoms with van der Waals surface area (Å²) >= 11 is 0. The number of hydrogen-bond acceptors (Lipinski definition) is 4. The summed E-state index contributed by atoms with van der Waals surface area (Å²) in [6.45, 7) is -0.102. The Morgan fingerprint density at radius 3 is 2.86 bits per heavy atom. The van der Waals surface area contributed by atoms with Gasteiger partial charge in [0.25, 0.3) is 0 Å². The lowest BCUT2D eigenvalue weighted by Crippen LogP contribution is -1.91. The number of nitrogens with zero attached hydrogens (tertiary/aromatic N) is 2. The predicted molar refractivity (Wildman–Crippen MR) is 78.9 cm³/mol. The molecule has 0 spiro atoms. The second-order valence-electron chi connectivity index (χ2n) is 4.56. The summed E-state index contributed by atoms with van der Waals surface area (Å²) in [5, 5.41) is 19.3. The number of rotatable bonds is 3. The van der Waals surface area contributed by atoms with E-state index in [4.69, 9.17) is 15.1 Å². The van der Waals surface area contributed by atoms with Gasteiger partial charge in [-0.3, -0.25) is 4.98 Å². The van der Waals surface area contributed by atoms with Gasteiger partial charge in [-0.15, -0.1) is 0 Å². The van der Waals surface area contributed by atoms with Crippen molar-refractivity contribution >= 4 is 10.9 Å². The van der Waals surface area contributed by atoms with Gasteiger partial charge in [0.05, 0.1) is 17.7 Å². The smallest absolute Gasteiger partial charge is 0.145 e. The maximum Gasteiger partial charge on any atom is 0.145 e. The number of ether oxygens (including phenoxy) is 1. The Kier molecular flexibility index (Phi) is 3.50. The van der Waals surface area contributed by atoms with Gasteiger partial charge in [-0.05, 0) is 35.9 Å². The van der Waals surface area contributed by atoms with Gasteiger partial charge in [0, 0.05) is 17.6 Å². The van der Waals surface area contributed by atoms with Gasteiger partial charge in [-0.2, -0.15) is 5.26 Å². The molecule has 0 fully saturated rings. The van der Waals surface area contributed by atoms with Crippen molar-refractivity contribution in [1.82, 2.24) is 4.98 Å². The Bertz CT molecular complexity index is 838. The first-order chi connectivity index (χ1) is 10.3. The molecule has 4 heteroatoms. The van der Waals surface area contributed by atoms with Crippen LogP contribution < -0.4 is 4.74 Å². The Hall–Kier alpha value is -2.90. The standard InChI is InChI=1S/C17H12N2O2/c18-10-14-8-12(11-20)3-6-17(14)21-15-5-4-13-2-1-7-19-16(13)9-15/h1-9,20H,11H2. The Labute approximate surface area is 121 Å². The van der Waals surface area contributed by atoms with Gasteiger partial charge in [0.1, 0.15) is 17.6 Å². The lowest BCUT2D eigenvalue weighted by Gasteiger charge is -2.09. The van der Waals surface area contributed by atoms with E-state index in [0.29, 0.717) is 22.6 Å². The van der Waals surface area contributed by atoms with E-state index in [2.05, 4.69) is 11.1 Å². The largest absolute Gasteiger partial charge is 0.456 e. The van der Waals surface area contributed by atoms with Crippen molar-refractivity contribution in [1.29, 1.82) is 5.26 Å². The van der Waals surface area contributed by atoms with Gasteiger partial charge >= 0.3 is 0 Å². The molecule has 3 aromatic rings. The van der Waals surface area contributed by atoms with Gasteiger partial charge in [0.15, 0.2) is 0 Å². The molecule has 0 atom stereocenters. The van der Waals surface area contributed by atoms with E-state index in [1.54, 1.807) is 24.4 Å². The summed E-state index contributed by atoms with van der Waals surface area (Å²) in [7, 11) is 0. The minimum absolute atomic E-state index is 0.102. The first-order valence-corrected chi connectivity index (χ1v) is 6.46. The number of nitriles is 1. The predicted octanol–water partition coefficient (Wildman–Crippen LogP) is 3.39. The summed E-state index contributed by atoms with van der Waals surface area (Å²) in [6.07, 6.45) is 1.73. The van der Waals surface area contributed by atoms with Crippen LogP contribution in [0, 0.1) is 11.3 Å². The lowest BCUT2D eigenvalue weighted by atomic mass is 10.1. The van der Waals surface area contributed by atoms with Crippen molar-refractivity contribution in [3.63, 3.8) is 0 Å². The summed E-state index contributed by atoms with van der Waals surface area (Å²) in [4.78, 5) is 4.28. The molecule has 0 aliphatic rings. The van der Waals surface area contributed by atoms with Crippen LogP contribution in [0.3, 0.4) is 0 Å². The molecular weight excluding hydrogens is 264 g/mol. The van der Waals surface area contributed by atoms with E-state index < -0.39 is 0 Å². The lowest BCUT2D eigenvalue weighted by molar-refractivity contribution is 0.281. The first-order valence-electron chi connectivity index (χ1n) is 6.46. The molecule has 0 unspecified atom stereocenters. The van der Waals surface area contributed by atoms with Crippen LogP contribution in [-0.4, -0.2) is 10.1 Å². The van der Waals surface area contributed by atoms with Crippen molar-refractivity contribution in [3.05, 3.63) is 65.9 Å². The van der Waals surface area contributed by atoms with Crippen LogP contribution in [0.4, 0.5) is 0 Å². The summed E-state index contributed by atoms with van der Waals surface area (Å²) < 4.78 is 5.76. The number of aliphatic hydroxyl groups is 1. The fourth-order valence-electron chi connectivity index (χ4n) is 2.09. The van der Waals surface area contributed by atoms with E-state index in [1.807, 2.05) is 30.3 Å². The molecule has 0 aliphatic heterocycles. The molecule has 4 nitrogen and oxygen atoms in total. The molecule has 3 rings (SSSR count). The highest BCUT2D eigenvalue weighted by Crippen LogP contribution is 2.28. The van der Waals surface area contributed by atoms with Crippen LogP contribution in [-0.2, 0) is 6.61 Å². The molecule has 1 N–H and O–H groups in total. The van der Waals surface area contributed by atoms with Crippen LogP contribution >= 0.6 is 0 Å². The van der Waals surface area contributed by atoms with Crippen molar-refractivity contribution in [2.45, 2.75) is 6.61 Å².